The van der Waals surface area contributed by atoms with Crippen LogP contribution in [0.3, 0.4) is 0 Å². The fourth-order valence-electron chi connectivity index (χ4n) is 0. The van der Waals surface area contributed by atoms with Crippen molar-refractivity contribution in [1.29, 1.82) is 0 Å². The molecule has 0 aromatic heterocycles. The Morgan fingerprint density at radius 1 is 0.308 bits per heavy atom. The largest absolute Gasteiger partial charge is 4.00 e. The van der Waals surface area contributed by atoms with Gasteiger partial charge >= 0.3 is 52.0 Å². The van der Waals surface area contributed by atoms with E-state index in [1.807, 2.05) is 0 Å². The third-order valence-corrected chi connectivity index (χ3v) is 0. The summed E-state index contributed by atoms with van der Waals surface area (Å²) in [6.07, 6.45) is 0. The van der Waals surface area contributed by atoms with Gasteiger partial charge in [0.25, 0.3) is 0 Å². The van der Waals surface area contributed by atoms with Crippen molar-refractivity contribution >= 4 is 139 Å². The van der Waals surface area contributed by atoms with Crippen molar-refractivity contribution in [3.8, 4) is 0 Å². The van der Waals surface area contributed by atoms with Crippen molar-refractivity contribution < 1.29 is 52.0 Å². The van der Waals surface area contributed by atoms with Crippen LogP contribution < -0.4 is 0 Å². The van der Waals surface area contributed by atoms with Crippen LogP contribution in [0.15, 0.2) is 0 Å². The molecule has 0 unspecified atom stereocenters. The number of rotatable bonds is 0. The molecule has 0 amide bonds. The van der Waals surface area contributed by atoms with Crippen molar-refractivity contribution in [2.45, 2.75) is 0 Å². The molecule has 0 N–H and O–H groups in total. The van der Waals surface area contributed by atoms with E-state index in [1.165, 1.54) is 41.3 Å². The third kappa shape index (κ3) is 551000. The van der Waals surface area contributed by atoms with E-state index in [2.05, 4.69) is 97.7 Å². The Balaban J connectivity index is -0.0000000139. The summed E-state index contributed by atoms with van der Waals surface area (Å²) in [5, 5.41) is 67.7. The zero-order valence-corrected chi connectivity index (χ0v) is 24.4. The van der Waals surface area contributed by atoms with Crippen LogP contribution in [0.5, 0.6) is 0 Å². The Morgan fingerprint density at radius 2 is 0.308 bits per heavy atom. The Morgan fingerprint density at radius 3 is 0.308 bits per heavy atom. The number of hydrogen-bond acceptors (Lipinski definition) is 8. The summed E-state index contributed by atoms with van der Waals surface area (Å²) in [5.74, 6) is 0. The van der Waals surface area contributed by atoms with Crippen molar-refractivity contribution in [1.82, 2.24) is 0 Å². The monoisotopic (exact) mass is 734 g/mol. The first kappa shape index (κ1) is 63.4. The predicted molar refractivity (Wildman–Crippen MR) is 128 cm³/mol. The molecule has 18 heteroatoms. The smallest absolute Gasteiger partial charge is 0.753 e. The zero-order chi connectivity index (χ0) is 21.7. The molecular weight excluding hydrogens is 734 g/mol. The van der Waals surface area contributed by atoms with Crippen LogP contribution in [0.25, 0.3) is 43.3 Å². The molecule has 0 aliphatic carbocycles. The quantitative estimate of drug-likeness (QED) is 0.184. The standard InChI is InChI=1S/8CNS.Hf.Zr/c8*2-1-3;;/q8*-1;2*+4. The van der Waals surface area contributed by atoms with Crippen molar-refractivity contribution in [2.24, 2.45) is 0 Å². The Bertz CT molecular complexity index is 362. The fraction of sp³-hybridized carbons (Fsp3) is 0. The third-order valence-electron chi connectivity index (χ3n) is 0. The van der Waals surface area contributed by atoms with Crippen molar-refractivity contribution in [3.63, 3.8) is 0 Å². The molecule has 26 heavy (non-hydrogen) atoms. The van der Waals surface area contributed by atoms with Gasteiger partial charge in [-0.25, -0.2) is 0 Å². The van der Waals surface area contributed by atoms with E-state index >= 15 is 0 Å². The molecule has 0 aromatic carbocycles. The van der Waals surface area contributed by atoms with Gasteiger partial charge in [0.05, 0.1) is 0 Å². The second-order valence-corrected chi connectivity index (χ2v) is 2.19. The van der Waals surface area contributed by atoms with E-state index in [4.69, 9.17) is 43.3 Å². The Kier molecular flexibility index (Phi) is 538. The molecule has 0 spiro atoms. The maximum Gasteiger partial charge on any atom is 4.00 e. The minimum Gasteiger partial charge on any atom is -0.753 e. The SMILES string of the molecule is [Hf+4].[N-]=C=S.[N-]=C=S.[N-]=C=S.[N-]=C=S.[N-]=C=S.[N-]=C=S.[N-]=C=S.[N-]=C=S.[Zr+4]. The molecule has 0 fully saturated rings. The summed E-state index contributed by atoms with van der Waals surface area (Å²) >= 11 is 29.6. The van der Waals surface area contributed by atoms with E-state index in [0.29, 0.717) is 0 Å². The normalized spacial score (nSPS) is 2.46. The van der Waals surface area contributed by atoms with Gasteiger partial charge < -0.3 is 43.3 Å². The molecule has 0 radical (unpaired) electrons. The van der Waals surface area contributed by atoms with Gasteiger partial charge in [0.2, 0.25) is 0 Å². The summed E-state index contributed by atoms with van der Waals surface area (Å²) in [4.78, 5) is 0. The molecular formula is C8HfN8S8Zr. The number of isothiocyanates is 8. The molecule has 0 saturated heterocycles. The average molecular weight is 734 g/mol. The van der Waals surface area contributed by atoms with Crippen LogP contribution in [0.4, 0.5) is 0 Å². The van der Waals surface area contributed by atoms with Gasteiger partial charge in [0.15, 0.2) is 0 Å². The molecule has 0 saturated carbocycles. The van der Waals surface area contributed by atoms with Crippen LogP contribution in [-0.2, 0) is 52.0 Å². The molecule has 0 rings (SSSR count). The topological polar surface area (TPSA) is 178 Å². The Hall–Kier alpha value is 0.153. The van der Waals surface area contributed by atoms with Gasteiger partial charge in [-0.2, -0.15) is 41.3 Å². The second-order valence-electron chi connectivity index (χ2n) is 0.730. The maximum atomic E-state index is 7.13. The zero-order valence-electron chi connectivity index (χ0n) is 11.8. The van der Waals surface area contributed by atoms with Crippen LogP contribution >= 0.6 is 97.7 Å². The van der Waals surface area contributed by atoms with Crippen LogP contribution in [-0.4, -0.2) is 41.3 Å². The molecule has 8 nitrogen and oxygen atoms in total. The van der Waals surface area contributed by atoms with E-state index in [9.17, 15) is 0 Å². The maximum absolute atomic E-state index is 7.13. The fourth-order valence-corrected chi connectivity index (χ4v) is 0. The molecule has 0 aliphatic rings. The summed E-state index contributed by atoms with van der Waals surface area (Å²) in [6, 6.07) is 0. The Labute approximate surface area is 231 Å². The summed E-state index contributed by atoms with van der Waals surface area (Å²) in [7, 11) is 0. The molecule has 0 aromatic rings. The second kappa shape index (κ2) is 221. The van der Waals surface area contributed by atoms with E-state index in [-0.39, 0.29) is 52.0 Å². The van der Waals surface area contributed by atoms with Crippen LogP contribution in [0, 0.1) is 0 Å². The van der Waals surface area contributed by atoms with Crippen LogP contribution in [0.2, 0.25) is 0 Å². The van der Waals surface area contributed by atoms with Gasteiger partial charge in [-0.15, -0.1) is 0 Å². The van der Waals surface area contributed by atoms with Gasteiger partial charge in [0.1, 0.15) is 0 Å². The number of hydrogen-bond donors (Lipinski definition) is 0. The summed E-state index contributed by atoms with van der Waals surface area (Å²) < 4.78 is 0. The first-order valence-corrected chi connectivity index (χ1v) is 6.69. The number of nitrogens with zero attached hydrogens (tertiary/aromatic N) is 8. The van der Waals surface area contributed by atoms with Gasteiger partial charge in [-0.3, -0.25) is 0 Å². The van der Waals surface area contributed by atoms with E-state index in [1.54, 1.807) is 0 Å². The van der Waals surface area contributed by atoms with Gasteiger partial charge in [0, 0.05) is 0 Å². The molecule has 0 atom stereocenters. The van der Waals surface area contributed by atoms with E-state index in [0.717, 1.165) is 0 Å². The first-order chi connectivity index (χ1) is 11.3. The number of thiocarbonyl (C=S) groups is 8. The minimum atomic E-state index is 0. The van der Waals surface area contributed by atoms with E-state index < -0.39 is 0 Å². The molecule has 0 bridgehead atoms. The van der Waals surface area contributed by atoms with Crippen molar-refractivity contribution in [3.05, 3.63) is 43.3 Å². The first-order valence-electron chi connectivity index (χ1n) is 3.42. The molecule has 0 aliphatic heterocycles. The van der Waals surface area contributed by atoms with Gasteiger partial charge in [-0.1, -0.05) is 97.7 Å². The minimum absolute atomic E-state index is 0. The van der Waals surface area contributed by atoms with Crippen molar-refractivity contribution in [2.75, 3.05) is 0 Å². The summed E-state index contributed by atoms with van der Waals surface area (Å²) in [6.45, 7) is 0. The predicted octanol–water partition coefficient (Wildman–Crippen LogP) is 5.26. The van der Waals surface area contributed by atoms with Crippen LogP contribution in [0.1, 0.15) is 0 Å². The average Bonchev–Trinajstić information content (AvgIpc) is 2.45. The molecule has 128 valence electrons. The van der Waals surface area contributed by atoms with Gasteiger partial charge in [-0.05, 0) is 0 Å². The molecule has 0 heterocycles. The summed E-state index contributed by atoms with van der Waals surface area (Å²) in [5.41, 5.74) is 0.